The maximum absolute atomic E-state index is 12.9. The van der Waals surface area contributed by atoms with Crippen LogP contribution in [0.2, 0.25) is 0 Å². The Morgan fingerprint density at radius 3 is 2.71 bits per heavy atom. The van der Waals surface area contributed by atoms with Gasteiger partial charge in [-0.15, -0.1) is 11.3 Å². The monoisotopic (exact) mass is 483 g/mol. The molecule has 0 bridgehead atoms. The summed E-state index contributed by atoms with van der Waals surface area (Å²) in [5.41, 5.74) is 1.01. The highest BCUT2D eigenvalue weighted by Crippen LogP contribution is 2.62. The molecule has 1 aliphatic heterocycles. The van der Waals surface area contributed by atoms with Crippen LogP contribution in [0.25, 0.3) is 0 Å². The Balaban J connectivity index is 1.27. The number of hydrogen-bond donors (Lipinski definition) is 2. The molecule has 1 amide bonds. The van der Waals surface area contributed by atoms with Crippen molar-refractivity contribution in [2.24, 2.45) is 22.7 Å². The lowest BCUT2D eigenvalue weighted by atomic mass is 9.46. The molecule has 5 nitrogen and oxygen atoms in total. The van der Waals surface area contributed by atoms with Gasteiger partial charge in [0.1, 0.15) is 0 Å². The van der Waals surface area contributed by atoms with Crippen LogP contribution in [0.1, 0.15) is 56.4 Å². The van der Waals surface area contributed by atoms with Gasteiger partial charge in [0.15, 0.2) is 6.29 Å². The van der Waals surface area contributed by atoms with E-state index in [1.165, 1.54) is 5.56 Å². The average molecular weight is 484 g/mol. The number of carbonyl (C=O) groups is 1. The van der Waals surface area contributed by atoms with Crippen molar-refractivity contribution in [3.05, 3.63) is 58.3 Å². The molecule has 1 aromatic carbocycles. The Labute approximate surface area is 206 Å². The molecule has 2 heterocycles. The summed E-state index contributed by atoms with van der Waals surface area (Å²) in [6.07, 6.45) is 4.24. The Kier molecular flexibility index (Phi) is 6.86. The molecule has 34 heavy (non-hydrogen) atoms. The van der Waals surface area contributed by atoms with Gasteiger partial charge in [0, 0.05) is 23.1 Å². The summed E-state index contributed by atoms with van der Waals surface area (Å²) in [7, 11) is 0. The van der Waals surface area contributed by atoms with Gasteiger partial charge in [-0.2, -0.15) is 0 Å². The third-order valence-corrected chi connectivity index (χ3v) is 9.80. The van der Waals surface area contributed by atoms with Crippen LogP contribution in [-0.4, -0.2) is 36.1 Å². The fourth-order valence-corrected chi connectivity index (χ4v) is 7.72. The van der Waals surface area contributed by atoms with Gasteiger partial charge in [-0.1, -0.05) is 50.2 Å². The van der Waals surface area contributed by atoms with Crippen molar-refractivity contribution < 1.29 is 19.4 Å². The van der Waals surface area contributed by atoms with Gasteiger partial charge in [-0.25, -0.2) is 0 Å². The first-order chi connectivity index (χ1) is 16.4. The summed E-state index contributed by atoms with van der Waals surface area (Å²) in [5.74, 6) is 0.343. The van der Waals surface area contributed by atoms with E-state index in [1.54, 1.807) is 11.3 Å². The SMILES string of the molecule is C[C@@]12CO[C@@H](Cc3ccccc3)O[C@@H]1CC[C@]1(C)[C@H]2CC[C@@H](O)[C@H]1CC(=O)NCc1cccs1. The summed E-state index contributed by atoms with van der Waals surface area (Å²) in [5, 5.41) is 16.1. The number of nitrogens with one attached hydrogen (secondary N) is 1. The first-order valence-corrected chi connectivity index (χ1v) is 13.5. The van der Waals surface area contributed by atoms with Gasteiger partial charge in [-0.3, -0.25) is 4.79 Å². The standard InChI is InChI=1S/C28H37NO4S/c1-27-13-12-24-28(2,18-32-26(33-24)15-19-7-4-3-5-8-19)23(27)11-10-22(30)21(27)16-25(31)29-17-20-9-6-14-34-20/h3-9,14,21-24,26,30H,10-13,15-18H2,1-2H3,(H,29,31)/t21-,22-,23-,24-,26-,27+,28+/m1/s1. The smallest absolute Gasteiger partial charge is 0.220 e. The molecule has 5 rings (SSSR count). The van der Waals surface area contributed by atoms with Gasteiger partial charge in [0.2, 0.25) is 5.91 Å². The zero-order valence-electron chi connectivity index (χ0n) is 20.2. The number of aliphatic hydroxyl groups excluding tert-OH is 1. The van der Waals surface area contributed by atoms with Crippen molar-refractivity contribution in [1.29, 1.82) is 0 Å². The van der Waals surface area contributed by atoms with E-state index in [9.17, 15) is 9.90 Å². The van der Waals surface area contributed by atoms with E-state index in [4.69, 9.17) is 9.47 Å². The van der Waals surface area contributed by atoms with Crippen LogP contribution in [0.3, 0.4) is 0 Å². The Bertz CT molecular complexity index is 966. The largest absolute Gasteiger partial charge is 0.393 e. The van der Waals surface area contributed by atoms with Crippen LogP contribution in [0.5, 0.6) is 0 Å². The van der Waals surface area contributed by atoms with Gasteiger partial charge >= 0.3 is 0 Å². The molecule has 2 saturated carbocycles. The van der Waals surface area contributed by atoms with E-state index in [1.807, 2.05) is 23.6 Å². The predicted octanol–water partition coefficient (Wildman–Crippen LogP) is 4.93. The highest BCUT2D eigenvalue weighted by molar-refractivity contribution is 7.09. The summed E-state index contributed by atoms with van der Waals surface area (Å²) >= 11 is 1.65. The van der Waals surface area contributed by atoms with E-state index in [0.29, 0.717) is 25.5 Å². The fraction of sp³-hybridized carbons (Fsp3) is 0.607. The van der Waals surface area contributed by atoms with Gasteiger partial charge < -0.3 is 19.9 Å². The summed E-state index contributed by atoms with van der Waals surface area (Å²) in [6.45, 7) is 5.84. The number of ether oxygens (including phenoxy) is 2. The average Bonchev–Trinajstić information content (AvgIpc) is 3.35. The molecular formula is C28H37NO4S. The van der Waals surface area contributed by atoms with Crippen LogP contribution in [-0.2, 0) is 27.2 Å². The first kappa shape index (κ1) is 24.0. The second-order valence-electron chi connectivity index (χ2n) is 11.0. The molecule has 6 heteroatoms. The minimum Gasteiger partial charge on any atom is -0.393 e. The van der Waals surface area contributed by atoms with Crippen LogP contribution in [0.4, 0.5) is 0 Å². The molecule has 3 aliphatic rings. The molecule has 2 aliphatic carbocycles. The van der Waals surface area contributed by atoms with E-state index < -0.39 is 6.10 Å². The molecule has 0 unspecified atom stereocenters. The van der Waals surface area contributed by atoms with E-state index in [-0.39, 0.29) is 35.0 Å². The molecule has 0 radical (unpaired) electrons. The zero-order valence-corrected chi connectivity index (χ0v) is 21.1. The highest BCUT2D eigenvalue weighted by atomic mass is 32.1. The number of carbonyl (C=O) groups excluding carboxylic acids is 1. The van der Waals surface area contributed by atoms with Crippen molar-refractivity contribution in [1.82, 2.24) is 5.32 Å². The van der Waals surface area contributed by atoms with Gasteiger partial charge in [0.25, 0.3) is 0 Å². The number of aliphatic hydroxyl groups is 1. The van der Waals surface area contributed by atoms with Crippen molar-refractivity contribution in [2.75, 3.05) is 6.61 Å². The molecule has 2 N–H and O–H groups in total. The normalized spacial score (nSPS) is 37.4. The number of amides is 1. The second kappa shape index (κ2) is 9.73. The molecule has 3 fully saturated rings. The molecular weight excluding hydrogens is 446 g/mol. The molecule has 1 saturated heterocycles. The summed E-state index contributed by atoms with van der Waals surface area (Å²) in [4.78, 5) is 14.0. The van der Waals surface area contributed by atoms with Crippen molar-refractivity contribution in [2.45, 2.75) is 77.4 Å². The quantitative estimate of drug-likeness (QED) is 0.611. The zero-order chi connectivity index (χ0) is 23.8. The number of thiophene rings is 1. The third kappa shape index (κ3) is 4.58. The highest BCUT2D eigenvalue weighted by Gasteiger charge is 2.61. The minimum absolute atomic E-state index is 0.0330. The van der Waals surface area contributed by atoms with E-state index in [2.05, 4.69) is 43.4 Å². The maximum atomic E-state index is 12.9. The van der Waals surface area contributed by atoms with Crippen molar-refractivity contribution in [3.8, 4) is 0 Å². The Hall–Kier alpha value is -1.73. The van der Waals surface area contributed by atoms with E-state index in [0.717, 1.165) is 37.0 Å². The van der Waals surface area contributed by atoms with Crippen molar-refractivity contribution in [3.63, 3.8) is 0 Å². The summed E-state index contributed by atoms with van der Waals surface area (Å²) < 4.78 is 12.9. The molecule has 2 aromatic rings. The Morgan fingerprint density at radius 1 is 1.12 bits per heavy atom. The second-order valence-corrected chi connectivity index (χ2v) is 12.0. The maximum Gasteiger partial charge on any atom is 0.220 e. The number of fused-ring (bicyclic) bond motifs is 3. The summed E-state index contributed by atoms with van der Waals surface area (Å²) in [6, 6.07) is 14.4. The fourth-order valence-electron chi connectivity index (χ4n) is 7.07. The first-order valence-electron chi connectivity index (χ1n) is 12.7. The molecule has 1 aromatic heterocycles. The predicted molar refractivity (Wildman–Crippen MR) is 133 cm³/mol. The lowest BCUT2D eigenvalue weighted by Crippen LogP contribution is -2.63. The van der Waals surface area contributed by atoms with Crippen LogP contribution in [0.15, 0.2) is 47.8 Å². The van der Waals surface area contributed by atoms with Crippen molar-refractivity contribution >= 4 is 17.2 Å². The Morgan fingerprint density at radius 2 is 1.94 bits per heavy atom. The van der Waals surface area contributed by atoms with Crippen LogP contribution < -0.4 is 5.32 Å². The minimum atomic E-state index is -0.440. The molecule has 184 valence electrons. The lowest BCUT2D eigenvalue weighted by molar-refractivity contribution is -0.308. The number of benzene rings is 1. The number of rotatable bonds is 6. The van der Waals surface area contributed by atoms with Crippen LogP contribution in [0, 0.1) is 22.7 Å². The third-order valence-electron chi connectivity index (χ3n) is 8.92. The van der Waals surface area contributed by atoms with Gasteiger partial charge in [0.05, 0.1) is 25.4 Å². The van der Waals surface area contributed by atoms with Crippen LogP contribution >= 0.6 is 11.3 Å². The molecule has 7 atom stereocenters. The topological polar surface area (TPSA) is 67.8 Å². The van der Waals surface area contributed by atoms with E-state index >= 15 is 0 Å². The van der Waals surface area contributed by atoms with Gasteiger partial charge in [-0.05, 0) is 59.9 Å². The molecule has 0 spiro atoms. The lowest BCUT2D eigenvalue weighted by Gasteiger charge is -2.63. The number of hydrogen-bond acceptors (Lipinski definition) is 5.